The largest absolute Gasteiger partial charge is 0.481 e. The van der Waals surface area contributed by atoms with Crippen LogP contribution < -0.4 is 15.6 Å². The highest BCUT2D eigenvalue weighted by Gasteiger charge is 2.16. The molecule has 1 atom stereocenters. The van der Waals surface area contributed by atoms with E-state index in [0.717, 1.165) is 5.56 Å². The van der Waals surface area contributed by atoms with E-state index in [0.29, 0.717) is 33.9 Å². The van der Waals surface area contributed by atoms with Gasteiger partial charge in [0.05, 0.1) is 16.6 Å². The Hall–Kier alpha value is -3.93. The van der Waals surface area contributed by atoms with Gasteiger partial charge in [-0.3, -0.25) is 14.2 Å². The van der Waals surface area contributed by atoms with Crippen LogP contribution in [0.3, 0.4) is 0 Å². The minimum Gasteiger partial charge on any atom is -0.481 e. The van der Waals surface area contributed by atoms with Crippen molar-refractivity contribution in [3.05, 3.63) is 94.5 Å². The van der Waals surface area contributed by atoms with Crippen molar-refractivity contribution in [3.63, 3.8) is 0 Å². The molecule has 0 aliphatic carbocycles. The molecule has 6 heteroatoms. The summed E-state index contributed by atoms with van der Waals surface area (Å²) in [7, 11) is 0. The third kappa shape index (κ3) is 4.19. The molecule has 0 spiro atoms. The first kappa shape index (κ1) is 20.3. The molecular formula is C25H23N3O3. The molecule has 1 N–H and O–H groups in total. The van der Waals surface area contributed by atoms with Gasteiger partial charge < -0.3 is 10.1 Å². The minimum absolute atomic E-state index is 0.121. The summed E-state index contributed by atoms with van der Waals surface area (Å²) < 4.78 is 7.27. The lowest BCUT2D eigenvalue weighted by molar-refractivity contribution is -0.122. The molecular weight excluding hydrogens is 390 g/mol. The first-order valence-corrected chi connectivity index (χ1v) is 10.1. The molecule has 0 fully saturated rings. The Balaban J connectivity index is 1.58. The standard InChI is InChI=1S/C25H23N3O3/c1-16-15-19(28-18(3)26-23-12-8-7-11-21(23)25(28)30)13-14-22(16)27-24(29)17(2)31-20-9-5-4-6-10-20/h4-15,17H,1-3H3,(H,27,29)/t17-/m0/s1. The Bertz CT molecular complexity index is 1310. The van der Waals surface area contributed by atoms with Gasteiger partial charge in [-0.2, -0.15) is 0 Å². The smallest absolute Gasteiger partial charge is 0.265 e. The van der Waals surface area contributed by atoms with Crippen molar-refractivity contribution in [1.82, 2.24) is 9.55 Å². The normalized spacial score (nSPS) is 11.8. The van der Waals surface area contributed by atoms with Crippen LogP contribution in [-0.2, 0) is 4.79 Å². The zero-order valence-electron chi connectivity index (χ0n) is 17.6. The molecule has 1 aromatic heterocycles. The Kier molecular flexibility index (Phi) is 5.54. The summed E-state index contributed by atoms with van der Waals surface area (Å²) in [5.74, 6) is 0.987. The van der Waals surface area contributed by atoms with Gasteiger partial charge in [-0.1, -0.05) is 30.3 Å². The number of para-hydroxylation sites is 2. The Labute approximate surface area is 180 Å². The molecule has 0 aliphatic rings. The number of anilines is 1. The maximum atomic E-state index is 13.0. The zero-order chi connectivity index (χ0) is 22.0. The van der Waals surface area contributed by atoms with Gasteiger partial charge >= 0.3 is 0 Å². The van der Waals surface area contributed by atoms with Crippen LogP contribution >= 0.6 is 0 Å². The Morgan fingerprint density at radius 2 is 1.71 bits per heavy atom. The molecule has 0 saturated heterocycles. The van der Waals surface area contributed by atoms with Gasteiger partial charge in [-0.15, -0.1) is 0 Å². The van der Waals surface area contributed by atoms with Gasteiger partial charge in [0.1, 0.15) is 11.6 Å². The van der Waals surface area contributed by atoms with Gasteiger partial charge in [0.15, 0.2) is 6.10 Å². The number of aromatic nitrogens is 2. The third-order valence-corrected chi connectivity index (χ3v) is 5.09. The second kappa shape index (κ2) is 8.44. The second-order valence-corrected chi connectivity index (χ2v) is 7.38. The lowest BCUT2D eigenvalue weighted by atomic mass is 10.1. The first-order chi connectivity index (χ1) is 14.9. The number of hydrogen-bond acceptors (Lipinski definition) is 4. The van der Waals surface area contributed by atoms with Crippen LogP contribution in [0.15, 0.2) is 77.6 Å². The van der Waals surface area contributed by atoms with Crippen molar-refractivity contribution in [2.45, 2.75) is 26.9 Å². The number of nitrogens with zero attached hydrogens (tertiary/aromatic N) is 2. The zero-order valence-corrected chi connectivity index (χ0v) is 17.6. The average molecular weight is 413 g/mol. The fourth-order valence-electron chi connectivity index (χ4n) is 3.47. The van der Waals surface area contributed by atoms with Crippen molar-refractivity contribution < 1.29 is 9.53 Å². The van der Waals surface area contributed by atoms with Crippen LogP contribution in [0, 0.1) is 13.8 Å². The lowest BCUT2D eigenvalue weighted by Crippen LogP contribution is -2.30. The fraction of sp³-hybridized carbons (Fsp3) is 0.160. The van der Waals surface area contributed by atoms with Crippen molar-refractivity contribution in [2.75, 3.05) is 5.32 Å². The first-order valence-electron chi connectivity index (χ1n) is 10.1. The van der Waals surface area contributed by atoms with Crippen LogP contribution in [0.25, 0.3) is 16.6 Å². The molecule has 1 heterocycles. The van der Waals surface area contributed by atoms with E-state index in [2.05, 4.69) is 10.3 Å². The van der Waals surface area contributed by atoms with Gasteiger partial charge in [0.25, 0.3) is 11.5 Å². The monoisotopic (exact) mass is 413 g/mol. The quantitative estimate of drug-likeness (QED) is 0.526. The van der Waals surface area contributed by atoms with E-state index in [4.69, 9.17) is 4.74 Å². The van der Waals surface area contributed by atoms with Gasteiger partial charge in [0.2, 0.25) is 0 Å². The summed E-state index contributed by atoms with van der Waals surface area (Å²) in [5, 5.41) is 3.47. The molecule has 3 aromatic carbocycles. The van der Waals surface area contributed by atoms with E-state index in [1.807, 2.05) is 68.4 Å². The molecule has 0 aliphatic heterocycles. The number of nitrogens with one attached hydrogen (secondary N) is 1. The molecule has 0 unspecified atom stereocenters. The van der Waals surface area contributed by atoms with Crippen molar-refractivity contribution in [2.24, 2.45) is 0 Å². The van der Waals surface area contributed by atoms with E-state index in [-0.39, 0.29) is 11.5 Å². The maximum Gasteiger partial charge on any atom is 0.265 e. The lowest BCUT2D eigenvalue weighted by Gasteiger charge is -2.17. The highest BCUT2D eigenvalue weighted by Crippen LogP contribution is 2.21. The summed E-state index contributed by atoms with van der Waals surface area (Å²) in [5.41, 5.74) is 2.75. The molecule has 4 rings (SSSR count). The highest BCUT2D eigenvalue weighted by atomic mass is 16.5. The number of fused-ring (bicyclic) bond motifs is 1. The summed E-state index contributed by atoms with van der Waals surface area (Å²) in [6.07, 6.45) is -0.656. The van der Waals surface area contributed by atoms with Crippen LogP contribution in [0.2, 0.25) is 0 Å². The van der Waals surface area contributed by atoms with E-state index >= 15 is 0 Å². The van der Waals surface area contributed by atoms with Gasteiger partial charge in [0, 0.05) is 5.69 Å². The highest BCUT2D eigenvalue weighted by molar-refractivity contribution is 5.94. The van der Waals surface area contributed by atoms with Crippen molar-refractivity contribution >= 4 is 22.5 Å². The number of carbonyl (C=O) groups excluding carboxylic acids is 1. The molecule has 6 nitrogen and oxygen atoms in total. The van der Waals surface area contributed by atoms with Gasteiger partial charge in [-0.05, 0) is 68.8 Å². The summed E-state index contributed by atoms with van der Waals surface area (Å²) in [4.78, 5) is 30.2. The molecule has 0 radical (unpaired) electrons. The SMILES string of the molecule is Cc1cc(-n2c(C)nc3ccccc3c2=O)ccc1NC(=O)[C@H](C)Oc1ccccc1. The Morgan fingerprint density at radius 3 is 2.45 bits per heavy atom. The van der Waals surface area contributed by atoms with Crippen LogP contribution in [0.5, 0.6) is 5.75 Å². The maximum absolute atomic E-state index is 13.0. The molecule has 1 amide bonds. The summed E-state index contributed by atoms with van der Waals surface area (Å²) in [6, 6.07) is 22.0. The summed E-state index contributed by atoms with van der Waals surface area (Å²) in [6.45, 7) is 5.40. The van der Waals surface area contributed by atoms with Crippen LogP contribution in [0.1, 0.15) is 18.3 Å². The fourth-order valence-corrected chi connectivity index (χ4v) is 3.47. The van der Waals surface area contributed by atoms with Crippen molar-refractivity contribution in [3.8, 4) is 11.4 Å². The predicted molar refractivity (Wildman–Crippen MR) is 122 cm³/mol. The molecule has 0 saturated carbocycles. The van der Waals surface area contributed by atoms with E-state index < -0.39 is 6.10 Å². The topological polar surface area (TPSA) is 73.2 Å². The number of hydrogen-bond donors (Lipinski definition) is 1. The number of amides is 1. The number of aryl methyl sites for hydroxylation is 2. The molecule has 4 aromatic rings. The number of carbonyl (C=O) groups is 1. The number of benzene rings is 3. The number of rotatable bonds is 5. The van der Waals surface area contributed by atoms with Gasteiger partial charge in [-0.25, -0.2) is 4.98 Å². The molecule has 156 valence electrons. The van der Waals surface area contributed by atoms with Crippen LogP contribution in [0.4, 0.5) is 5.69 Å². The van der Waals surface area contributed by atoms with E-state index in [1.54, 1.807) is 29.7 Å². The molecule has 0 bridgehead atoms. The molecule has 31 heavy (non-hydrogen) atoms. The van der Waals surface area contributed by atoms with Crippen molar-refractivity contribution in [1.29, 1.82) is 0 Å². The Morgan fingerprint density at radius 1 is 1.00 bits per heavy atom. The minimum atomic E-state index is -0.656. The van der Waals surface area contributed by atoms with E-state index in [9.17, 15) is 9.59 Å². The predicted octanol–water partition coefficient (Wildman–Crippen LogP) is 4.41. The van der Waals surface area contributed by atoms with Crippen LogP contribution in [-0.4, -0.2) is 21.6 Å². The summed E-state index contributed by atoms with van der Waals surface area (Å²) >= 11 is 0. The van der Waals surface area contributed by atoms with E-state index in [1.165, 1.54) is 0 Å². The average Bonchev–Trinajstić information content (AvgIpc) is 2.76. The third-order valence-electron chi connectivity index (χ3n) is 5.09. The second-order valence-electron chi connectivity index (χ2n) is 7.38. The number of ether oxygens (including phenoxy) is 1.